The first-order valence-corrected chi connectivity index (χ1v) is 6.05. The van der Waals surface area contributed by atoms with Crippen molar-refractivity contribution in [1.29, 1.82) is 0 Å². The minimum Gasteiger partial charge on any atom is -0.467 e. The summed E-state index contributed by atoms with van der Waals surface area (Å²) in [5.74, 6) is -0.656. The van der Waals surface area contributed by atoms with Gasteiger partial charge in [0.25, 0.3) is 5.56 Å². The standard InChI is InChI=1S/C12H19N3O5/c1-12(2,3)20-11(18)14-8(10(17)19-4)5-7-6-13-15-9(7)16/h6,8H,5H2,1-4H3,(H,14,18)(H2,13,15,16)/t8-/m0/s1. The van der Waals surface area contributed by atoms with E-state index in [1.165, 1.54) is 13.3 Å². The summed E-state index contributed by atoms with van der Waals surface area (Å²) in [4.78, 5) is 34.7. The van der Waals surface area contributed by atoms with Crippen LogP contribution in [0.5, 0.6) is 0 Å². The molecule has 3 N–H and O–H groups in total. The van der Waals surface area contributed by atoms with Crippen molar-refractivity contribution < 1.29 is 19.1 Å². The van der Waals surface area contributed by atoms with Crippen LogP contribution < -0.4 is 10.9 Å². The van der Waals surface area contributed by atoms with Crippen LogP contribution in [0.3, 0.4) is 0 Å². The molecule has 1 heterocycles. The third-order valence-corrected chi connectivity index (χ3v) is 2.32. The topological polar surface area (TPSA) is 113 Å². The van der Waals surface area contributed by atoms with Gasteiger partial charge in [0, 0.05) is 18.2 Å². The number of methoxy groups -OCH3 is 1. The fourth-order valence-electron chi connectivity index (χ4n) is 1.49. The molecule has 0 saturated heterocycles. The van der Waals surface area contributed by atoms with Crippen LogP contribution in [0.2, 0.25) is 0 Å². The number of H-pyrrole nitrogens is 2. The lowest BCUT2D eigenvalue weighted by atomic mass is 10.1. The Bertz CT molecular complexity index is 526. The highest BCUT2D eigenvalue weighted by atomic mass is 16.6. The molecule has 0 aliphatic rings. The predicted molar refractivity (Wildman–Crippen MR) is 70.3 cm³/mol. The molecule has 0 fully saturated rings. The summed E-state index contributed by atoms with van der Waals surface area (Å²) in [6.07, 6.45) is 0.680. The fraction of sp³-hybridized carbons (Fsp3) is 0.583. The lowest BCUT2D eigenvalue weighted by molar-refractivity contribution is -0.143. The van der Waals surface area contributed by atoms with Gasteiger partial charge >= 0.3 is 12.1 Å². The molecular weight excluding hydrogens is 266 g/mol. The number of rotatable bonds is 4. The number of carbonyl (C=O) groups excluding carboxylic acids is 2. The molecule has 1 aromatic heterocycles. The number of alkyl carbamates (subject to hydrolysis) is 1. The van der Waals surface area contributed by atoms with Gasteiger partial charge in [-0.2, -0.15) is 0 Å². The van der Waals surface area contributed by atoms with Gasteiger partial charge in [-0.1, -0.05) is 0 Å². The highest BCUT2D eigenvalue weighted by molar-refractivity contribution is 5.81. The van der Waals surface area contributed by atoms with E-state index >= 15 is 0 Å². The first kappa shape index (κ1) is 15.8. The molecule has 1 atom stereocenters. The zero-order valence-electron chi connectivity index (χ0n) is 11.9. The van der Waals surface area contributed by atoms with E-state index in [9.17, 15) is 14.4 Å². The summed E-state index contributed by atoms with van der Waals surface area (Å²) in [5, 5.41) is 7.25. The molecule has 1 rings (SSSR count). The van der Waals surface area contributed by atoms with E-state index in [0.29, 0.717) is 5.56 Å². The van der Waals surface area contributed by atoms with Crippen LogP contribution in [0.4, 0.5) is 4.79 Å². The zero-order valence-corrected chi connectivity index (χ0v) is 11.9. The van der Waals surface area contributed by atoms with Crippen molar-refractivity contribution in [2.24, 2.45) is 0 Å². The van der Waals surface area contributed by atoms with E-state index in [0.717, 1.165) is 0 Å². The maximum Gasteiger partial charge on any atom is 0.408 e. The van der Waals surface area contributed by atoms with Gasteiger partial charge < -0.3 is 19.9 Å². The molecule has 1 aromatic rings. The van der Waals surface area contributed by atoms with Gasteiger partial charge in [-0.25, -0.2) is 9.59 Å². The predicted octanol–water partition coefficient (Wildman–Crippen LogP) is 0.312. The molecule has 0 aliphatic carbocycles. The van der Waals surface area contributed by atoms with Crippen molar-refractivity contribution in [2.45, 2.75) is 38.8 Å². The fourth-order valence-corrected chi connectivity index (χ4v) is 1.49. The largest absolute Gasteiger partial charge is 0.467 e. The second kappa shape index (κ2) is 6.27. The molecular formula is C12H19N3O5. The van der Waals surface area contributed by atoms with E-state index in [-0.39, 0.29) is 12.0 Å². The second-order valence-electron chi connectivity index (χ2n) is 5.19. The first-order chi connectivity index (χ1) is 9.23. The molecule has 112 valence electrons. The summed E-state index contributed by atoms with van der Waals surface area (Å²) in [6.45, 7) is 5.11. The quantitative estimate of drug-likeness (QED) is 0.689. The van der Waals surface area contributed by atoms with Gasteiger partial charge in [0.15, 0.2) is 0 Å². The number of aromatic amines is 2. The van der Waals surface area contributed by atoms with Gasteiger partial charge in [0.1, 0.15) is 11.6 Å². The highest BCUT2D eigenvalue weighted by Gasteiger charge is 2.26. The van der Waals surface area contributed by atoms with E-state index < -0.39 is 23.7 Å². The van der Waals surface area contributed by atoms with Crippen molar-refractivity contribution in [3.05, 3.63) is 22.1 Å². The van der Waals surface area contributed by atoms with Gasteiger partial charge in [-0.15, -0.1) is 0 Å². The average molecular weight is 285 g/mol. The Kier molecular flexibility index (Phi) is 4.95. The lowest BCUT2D eigenvalue weighted by Crippen LogP contribution is -2.45. The molecule has 8 heteroatoms. The normalized spacial score (nSPS) is 12.6. The number of hydrogen-bond donors (Lipinski definition) is 3. The van der Waals surface area contributed by atoms with Crippen LogP contribution in [-0.2, 0) is 20.7 Å². The third kappa shape index (κ3) is 4.79. The average Bonchev–Trinajstić information content (AvgIpc) is 2.70. The molecule has 0 aliphatic heterocycles. The molecule has 8 nitrogen and oxygen atoms in total. The summed E-state index contributed by atoms with van der Waals surface area (Å²) in [5.41, 5.74) is -0.711. The maximum absolute atomic E-state index is 11.7. The molecule has 0 unspecified atom stereocenters. The Labute approximate surface area is 115 Å². The van der Waals surface area contributed by atoms with Crippen molar-refractivity contribution in [1.82, 2.24) is 15.5 Å². The molecule has 0 aromatic carbocycles. The molecule has 0 bridgehead atoms. The minimum absolute atomic E-state index is 0.00471. The van der Waals surface area contributed by atoms with Gasteiger partial charge in [-0.3, -0.25) is 9.89 Å². The van der Waals surface area contributed by atoms with Crippen LogP contribution in [0, 0.1) is 0 Å². The van der Waals surface area contributed by atoms with Gasteiger partial charge in [0.05, 0.1) is 7.11 Å². The van der Waals surface area contributed by atoms with E-state index in [2.05, 4.69) is 20.3 Å². The van der Waals surface area contributed by atoms with Gasteiger partial charge in [0.2, 0.25) is 0 Å². The highest BCUT2D eigenvalue weighted by Crippen LogP contribution is 2.07. The van der Waals surface area contributed by atoms with E-state index in [4.69, 9.17) is 4.74 Å². The summed E-state index contributed by atoms with van der Waals surface area (Å²) < 4.78 is 9.66. The Morgan fingerprint density at radius 1 is 1.40 bits per heavy atom. The van der Waals surface area contributed by atoms with Crippen molar-refractivity contribution >= 4 is 12.1 Å². The van der Waals surface area contributed by atoms with Crippen LogP contribution >= 0.6 is 0 Å². The number of ether oxygens (including phenoxy) is 2. The second-order valence-corrected chi connectivity index (χ2v) is 5.19. The van der Waals surface area contributed by atoms with Crippen molar-refractivity contribution in [2.75, 3.05) is 7.11 Å². The molecule has 0 radical (unpaired) electrons. The van der Waals surface area contributed by atoms with E-state index in [1.807, 2.05) is 0 Å². The van der Waals surface area contributed by atoms with Crippen LogP contribution in [0.15, 0.2) is 11.0 Å². The van der Waals surface area contributed by atoms with Crippen molar-refractivity contribution in [3.8, 4) is 0 Å². The van der Waals surface area contributed by atoms with Crippen molar-refractivity contribution in [3.63, 3.8) is 0 Å². The number of carbonyl (C=O) groups is 2. The molecule has 20 heavy (non-hydrogen) atoms. The first-order valence-electron chi connectivity index (χ1n) is 6.05. The number of aromatic nitrogens is 2. The summed E-state index contributed by atoms with van der Waals surface area (Å²) >= 11 is 0. The smallest absolute Gasteiger partial charge is 0.408 e. The SMILES string of the molecule is COC(=O)[C@H](Cc1c[nH][nH]c1=O)NC(=O)OC(C)(C)C. The Hall–Kier alpha value is -2.25. The third-order valence-electron chi connectivity index (χ3n) is 2.32. The number of esters is 1. The summed E-state index contributed by atoms with van der Waals surface area (Å²) in [6, 6.07) is -0.994. The van der Waals surface area contributed by atoms with Gasteiger partial charge in [-0.05, 0) is 20.8 Å². The maximum atomic E-state index is 11.7. The number of amides is 1. The monoisotopic (exact) mass is 285 g/mol. The van der Waals surface area contributed by atoms with E-state index in [1.54, 1.807) is 20.8 Å². The lowest BCUT2D eigenvalue weighted by Gasteiger charge is -2.22. The summed E-state index contributed by atoms with van der Waals surface area (Å²) in [7, 11) is 1.20. The number of nitrogens with one attached hydrogen (secondary N) is 3. The minimum atomic E-state index is -0.994. The zero-order chi connectivity index (χ0) is 15.3. The van der Waals surface area contributed by atoms with Crippen LogP contribution in [0.1, 0.15) is 26.3 Å². The Morgan fingerprint density at radius 3 is 2.50 bits per heavy atom. The Morgan fingerprint density at radius 2 is 2.05 bits per heavy atom. The van der Waals surface area contributed by atoms with Crippen LogP contribution in [-0.4, -0.2) is 41.0 Å². The van der Waals surface area contributed by atoms with Crippen LogP contribution in [0.25, 0.3) is 0 Å². The molecule has 1 amide bonds. The number of hydrogen-bond acceptors (Lipinski definition) is 5. The molecule has 0 saturated carbocycles. The Balaban J connectivity index is 2.76. The molecule has 0 spiro atoms.